The van der Waals surface area contributed by atoms with E-state index in [2.05, 4.69) is 26.5 Å². The number of nitrogens with zero attached hydrogens (tertiary/aromatic N) is 1. The van der Waals surface area contributed by atoms with Crippen molar-refractivity contribution in [1.29, 1.82) is 0 Å². The predicted molar refractivity (Wildman–Crippen MR) is 59.6 cm³/mol. The summed E-state index contributed by atoms with van der Waals surface area (Å²) in [5.74, 6) is 5.32. The summed E-state index contributed by atoms with van der Waals surface area (Å²) in [5.41, 5.74) is 2.68. The van der Waals surface area contributed by atoms with Crippen LogP contribution >= 0.6 is 0 Å². The van der Waals surface area contributed by atoms with Crippen LogP contribution < -0.4 is 0 Å². The van der Waals surface area contributed by atoms with Gasteiger partial charge in [-0.2, -0.15) is 0 Å². The summed E-state index contributed by atoms with van der Waals surface area (Å²) in [6.45, 7) is 0. The van der Waals surface area contributed by atoms with Gasteiger partial charge in [0.05, 0.1) is 24.5 Å². The summed E-state index contributed by atoms with van der Waals surface area (Å²) in [4.78, 5) is 17.9. The van der Waals surface area contributed by atoms with Crippen LogP contribution in [0.4, 0.5) is 0 Å². The number of hydrogen-bond acceptors (Lipinski definition) is 3. The van der Waals surface area contributed by atoms with Crippen LogP contribution in [-0.4, -0.2) is 23.0 Å². The molecule has 0 unspecified atom stereocenters. The molecule has 0 aliphatic heterocycles. The zero-order valence-corrected chi connectivity index (χ0v) is 8.78. The molecule has 1 aromatic carbocycles. The maximum Gasteiger partial charge on any atom is 0.317 e. The lowest BCUT2D eigenvalue weighted by molar-refractivity contribution is -0.139. The van der Waals surface area contributed by atoms with Crippen LogP contribution in [0.2, 0.25) is 0 Å². The first kappa shape index (κ1) is 10.2. The number of carbonyl (C=O) groups excluding carboxylic acids is 1. The van der Waals surface area contributed by atoms with Crippen molar-refractivity contribution in [2.75, 3.05) is 7.11 Å². The number of ether oxygens (including phenoxy) is 1. The first-order valence-electron chi connectivity index (χ1n) is 4.78. The van der Waals surface area contributed by atoms with Crippen LogP contribution in [-0.2, 0) is 9.53 Å². The number of benzene rings is 1. The molecule has 1 N–H and O–H groups in total. The van der Waals surface area contributed by atoms with Crippen LogP contribution in [0, 0.1) is 11.8 Å². The van der Waals surface area contributed by atoms with E-state index in [1.54, 1.807) is 6.33 Å². The topological polar surface area (TPSA) is 55.0 Å². The minimum atomic E-state index is -0.324. The molecule has 4 nitrogen and oxygen atoms in total. The number of rotatable bonds is 1. The molecule has 0 amide bonds. The van der Waals surface area contributed by atoms with E-state index in [1.807, 2.05) is 18.2 Å². The number of hydrogen-bond donors (Lipinski definition) is 1. The van der Waals surface area contributed by atoms with Crippen LogP contribution in [0.1, 0.15) is 12.0 Å². The van der Waals surface area contributed by atoms with Crippen LogP contribution in [0.5, 0.6) is 0 Å². The molecular formula is C12H10N2O2. The molecule has 4 heteroatoms. The number of carbonyl (C=O) groups is 1. The van der Waals surface area contributed by atoms with Crippen molar-refractivity contribution in [3.05, 3.63) is 30.1 Å². The maximum atomic E-state index is 10.8. The summed E-state index contributed by atoms with van der Waals surface area (Å²) < 4.78 is 4.49. The molecule has 16 heavy (non-hydrogen) atoms. The Morgan fingerprint density at radius 1 is 1.56 bits per heavy atom. The second-order valence-electron chi connectivity index (χ2n) is 3.19. The van der Waals surface area contributed by atoms with Gasteiger partial charge in [0.25, 0.3) is 0 Å². The van der Waals surface area contributed by atoms with Gasteiger partial charge in [0.1, 0.15) is 6.42 Å². The van der Waals surface area contributed by atoms with E-state index in [-0.39, 0.29) is 12.4 Å². The van der Waals surface area contributed by atoms with Gasteiger partial charge in [0.15, 0.2) is 0 Å². The smallest absolute Gasteiger partial charge is 0.317 e. The van der Waals surface area contributed by atoms with E-state index in [0.717, 1.165) is 16.6 Å². The third-order valence-electron chi connectivity index (χ3n) is 2.11. The van der Waals surface area contributed by atoms with Gasteiger partial charge >= 0.3 is 5.97 Å². The number of aromatic amines is 1. The van der Waals surface area contributed by atoms with Gasteiger partial charge in [-0.3, -0.25) is 4.79 Å². The van der Waals surface area contributed by atoms with Gasteiger partial charge < -0.3 is 9.72 Å². The van der Waals surface area contributed by atoms with E-state index in [9.17, 15) is 4.79 Å². The highest BCUT2D eigenvalue weighted by atomic mass is 16.5. The Hall–Kier alpha value is -2.28. The van der Waals surface area contributed by atoms with Gasteiger partial charge in [0, 0.05) is 5.56 Å². The summed E-state index contributed by atoms with van der Waals surface area (Å²) in [7, 11) is 1.35. The first-order chi connectivity index (χ1) is 7.79. The molecule has 0 aliphatic rings. The van der Waals surface area contributed by atoms with Gasteiger partial charge in [-0.25, -0.2) is 4.98 Å². The molecule has 0 fully saturated rings. The number of fused-ring (bicyclic) bond motifs is 1. The quantitative estimate of drug-likeness (QED) is 0.577. The van der Waals surface area contributed by atoms with E-state index < -0.39 is 0 Å². The summed E-state index contributed by atoms with van der Waals surface area (Å²) in [6, 6.07) is 5.65. The predicted octanol–water partition coefficient (Wildman–Crippen LogP) is 1.48. The largest absolute Gasteiger partial charge is 0.468 e. The Balaban J connectivity index is 2.17. The molecule has 0 radical (unpaired) electrons. The fraction of sp³-hybridized carbons (Fsp3) is 0.167. The van der Waals surface area contributed by atoms with Crippen molar-refractivity contribution in [3.63, 3.8) is 0 Å². The van der Waals surface area contributed by atoms with Crippen molar-refractivity contribution in [2.24, 2.45) is 0 Å². The zero-order chi connectivity index (χ0) is 11.4. The normalized spacial score (nSPS) is 9.56. The van der Waals surface area contributed by atoms with Crippen LogP contribution in [0.15, 0.2) is 24.5 Å². The highest BCUT2D eigenvalue weighted by Gasteiger charge is 1.96. The Kier molecular flexibility index (Phi) is 2.88. The van der Waals surface area contributed by atoms with Gasteiger partial charge in [0.2, 0.25) is 0 Å². The lowest BCUT2D eigenvalue weighted by Crippen LogP contribution is -1.96. The SMILES string of the molecule is COC(=O)CC#Cc1ccc2nc[nH]c2c1. The second kappa shape index (κ2) is 4.49. The monoisotopic (exact) mass is 214 g/mol. The molecule has 0 aliphatic carbocycles. The number of aromatic nitrogens is 2. The fourth-order valence-electron chi connectivity index (χ4n) is 1.30. The van der Waals surface area contributed by atoms with Crippen molar-refractivity contribution in [1.82, 2.24) is 9.97 Å². The number of methoxy groups -OCH3 is 1. The van der Waals surface area contributed by atoms with E-state index in [1.165, 1.54) is 7.11 Å². The molecule has 2 rings (SSSR count). The van der Waals surface area contributed by atoms with Gasteiger partial charge in [-0.05, 0) is 18.2 Å². The molecule has 0 atom stereocenters. The molecule has 2 aromatic rings. The summed E-state index contributed by atoms with van der Waals surface area (Å²) >= 11 is 0. The first-order valence-corrected chi connectivity index (χ1v) is 4.78. The van der Waals surface area contributed by atoms with E-state index in [0.29, 0.717) is 0 Å². The average Bonchev–Trinajstić information content (AvgIpc) is 2.76. The van der Waals surface area contributed by atoms with Crippen LogP contribution in [0.25, 0.3) is 11.0 Å². The lowest BCUT2D eigenvalue weighted by Gasteiger charge is -1.91. The molecular weight excluding hydrogens is 204 g/mol. The van der Waals surface area contributed by atoms with E-state index >= 15 is 0 Å². The molecule has 1 heterocycles. The van der Waals surface area contributed by atoms with E-state index in [4.69, 9.17) is 0 Å². The Bertz CT molecular complexity index is 575. The number of imidazole rings is 1. The Morgan fingerprint density at radius 2 is 2.44 bits per heavy atom. The number of nitrogens with one attached hydrogen (secondary N) is 1. The zero-order valence-electron chi connectivity index (χ0n) is 8.78. The Labute approximate surface area is 92.6 Å². The third kappa shape index (κ3) is 2.20. The summed E-state index contributed by atoms with van der Waals surface area (Å²) in [6.07, 6.45) is 1.74. The van der Waals surface area contributed by atoms with Gasteiger partial charge in [-0.1, -0.05) is 11.8 Å². The maximum absolute atomic E-state index is 10.8. The molecule has 0 bridgehead atoms. The number of H-pyrrole nitrogens is 1. The minimum Gasteiger partial charge on any atom is -0.468 e. The minimum absolute atomic E-state index is 0.109. The lowest BCUT2D eigenvalue weighted by atomic mass is 10.2. The standard InChI is InChI=1S/C12H10N2O2/c1-16-12(15)4-2-3-9-5-6-10-11(7-9)14-8-13-10/h5-8H,4H2,1H3,(H,13,14). The average molecular weight is 214 g/mol. The van der Waals surface area contributed by atoms with Crippen molar-refractivity contribution < 1.29 is 9.53 Å². The highest BCUT2D eigenvalue weighted by Crippen LogP contribution is 2.10. The molecule has 1 aromatic heterocycles. The third-order valence-corrected chi connectivity index (χ3v) is 2.11. The second-order valence-corrected chi connectivity index (χ2v) is 3.19. The van der Waals surface area contributed by atoms with Crippen molar-refractivity contribution >= 4 is 17.0 Å². The van der Waals surface area contributed by atoms with Crippen molar-refractivity contribution in [2.45, 2.75) is 6.42 Å². The summed E-state index contributed by atoms with van der Waals surface area (Å²) in [5, 5.41) is 0. The molecule has 0 saturated heterocycles. The highest BCUT2D eigenvalue weighted by molar-refractivity contribution is 5.76. The number of esters is 1. The Morgan fingerprint density at radius 3 is 3.25 bits per heavy atom. The van der Waals surface area contributed by atoms with Gasteiger partial charge in [-0.15, -0.1) is 0 Å². The molecule has 0 saturated carbocycles. The van der Waals surface area contributed by atoms with Crippen molar-refractivity contribution in [3.8, 4) is 11.8 Å². The molecule has 80 valence electrons. The molecule has 0 spiro atoms. The van der Waals surface area contributed by atoms with Crippen LogP contribution in [0.3, 0.4) is 0 Å². The fourth-order valence-corrected chi connectivity index (χ4v) is 1.30.